The van der Waals surface area contributed by atoms with Crippen LogP contribution in [0.1, 0.15) is 11.1 Å². The topological polar surface area (TPSA) is 59.0 Å². The second kappa shape index (κ2) is 6.99. The third-order valence-electron chi connectivity index (χ3n) is 3.01. The maximum atomic E-state index is 10.6. The number of carboxylic acids is 1. The molecule has 0 heterocycles. The minimum Gasteiger partial charge on any atom is -0.493 e. The Morgan fingerprint density at radius 2 is 1.84 bits per heavy atom. The summed E-state index contributed by atoms with van der Waals surface area (Å²) in [5.74, 6) is 0.596. The molecule has 0 bridgehead atoms. The normalized spacial score (nSPS) is 10.6. The number of hydrogen-bond donors (Lipinski definition) is 1. The quantitative estimate of drug-likeness (QED) is 0.812. The van der Waals surface area contributed by atoms with Crippen LogP contribution in [0.15, 0.2) is 12.1 Å². The molecular formula is C14H21NO4. The first kappa shape index (κ1) is 15.3. The molecule has 0 fully saturated rings. The Hall–Kier alpha value is -1.75. The van der Waals surface area contributed by atoms with Crippen LogP contribution in [0.5, 0.6) is 11.5 Å². The minimum absolute atomic E-state index is 0.0480. The summed E-state index contributed by atoms with van der Waals surface area (Å²) in [6.07, 6.45) is 0.774. The molecular weight excluding hydrogens is 246 g/mol. The van der Waals surface area contributed by atoms with Gasteiger partial charge in [0.1, 0.15) is 0 Å². The smallest absolute Gasteiger partial charge is 0.317 e. The van der Waals surface area contributed by atoms with Gasteiger partial charge >= 0.3 is 5.97 Å². The zero-order valence-corrected chi connectivity index (χ0v) is 11.9. The highest BCUT2D eigenvalue weighted by atomic mass is 16.5. The van der Waals surface area contributed by atoms with Gasteiger partial charge in [0, 0.05) is 6.54 Å². The van der Waals surface area contributed by atoms with Crippen LogP contribution in [0.25, 0.3) is 0 Å². The zero-order valence-electron chi connectivity index (χ0n) is 11.9. The highest BCUT2D eigenvalue weighted by Gasteiger charge is 2.10. The Labute approximate surface area is 113 Å². The lowest BCUT2D eigenvalue weighted by molar-refractivity contribution is -0.137. The lowest BCUT2D eigenvalue weighted by Crippen LogP contribution is -2.27. The average Bonchev–Trinajstić information content (AvgIpc) is 2.36. The number of nitrogens with zero attached hydrogens (tertiary/aromatic N) is 1. The fourth-order valence-corrected chi connectivity index (χ4v) is 1.91. The van der Waals surface area contributed by atoms with Crippen molar-refractivity contribution in [1.29, 1.82) is 0 Å². The number of aryl methyl sites for hydroxylation is 1. The number of aliphatic carboxylic acids is 1. The van der Waals surface area contributed by atoms with Crippen LogP contribution < -0.4 is 9.47 Å². The van der Waals surface area contributed by atoms with Gasteiger partial charge in [-0.1, -0.05) is 0 Å². The van der Waals surface area contributed by atoms with E-state index in [1.54, 1.807) is 26.2 Å². The van der Waals surface area contributed by atoms with Crippen LogP contribution in [0, 0.1) is 6.92 Å². The lowest BCUT2D eigenvalue weighted by Gasteiger charge is -2.16. The highest BCUT2D eigenvalue weighted by molar-refractivity contribution is 5.69. The molecule has 0 aromatic heterocycles. The average molecular weight is 267 g/mol. The molecule has 0 aliphatic carbocycles. The van der Waals surface area contributed by atoms with E-state index < -0.39 is 5.97 Å². The van der Waals surface area contributed by atoms with Gasteiger partial charge in [-0.25, -0.2) is 0 Å². The molecule has 0 saturated heterocycles. The molecule has 0 unspecified atom stereocenters. The van der Waals surface area contributed by atoms with Gasteiger partial charge < -0.3 is 14.6 Å². The van der Waals surface area contributed by atoms with Gasteiger partial charge in [-0.15, -0.1) is 0 Å². The first-order valence-electron chi connectivity index (χ1n) is 6.09. The number of carbonyl (C=O) groups is 1. The fraction of sp³-hybridized carbons (Fsp3) is 0.500. The van der Waals surface area contributed by atoms with Crippen LogP contribution >= 0.6 is 0 Å². The molecule has 1 N–H and O–H groups in total. The molecule has 5 heteroatoms. The predicted octanol–water partition coefficient (Wildman–Crippen LogP) is 1.57. The molecule has 106 valence electrons. The van der Waals surface area contributed by atoms with Gasteiger partial charge in [-0.2, -0.15) is 0 Å². The van der Waals surface area contributed by atoms with Gasteiger partial charge in [0.15, 0.2) is 11.5 Å². The van der Waals surface area contributed by atoms with E-state index in [2.05, 4.69) is 0 Å². The summed E-state index contributed by atoms with van der Waals surface area (Å²) in [6.45, 7) is 2.74. The number of hydrogen-bond acceptors (Lipinski definition) is 4. The summed E-state index contributed by atoms with van der Waals surface area (Å²) >= 11 is 0. The van der Waals surface area contributed by atoms with Gasteiger partial charge in [0.2, 0.25) is 0 Å². The van der Waals surface area contributed by atoms with E-state index in [0.29, 0.717) is 18.0 Å². The Bertz CT molecular complexity index is 445. The molecule has 19 heavy (non-hydrogen) atoms. The summed E-state index contributed by atoms with van der Waals surface area (Å²) in [4.78, 5) is 12.4. The second-order valence-corrected chi connectivity index (χ2v) is 4.52. The van der Waals surface area contributed by atoms with Crippen molar-refractivity contribution in [1.82, 2.24) is 4.90 Å². The van der Waals surface area contributed by atoms with Crippen molar-refractivity contribution in [2.75, 3.05) is 34.4 Å². The first-order valence-corrected chi connectivity index (χ1v) is 6.09. The molecule has 0 atom stereocenters. The van der Waals surface area contributed by atoms with Crippen molar-refractivity contribution < 1.29 is 19.4 Å². The number of benzene rings is 1. The monoisotopic (exact) mass is 267 g/mol. The van der Waals surface area contributed by atoms with Gasteiger partial charge in [0.25, 0.3) is 0 Å². The molecule has 5 nitrogen and oxygen atoms in total. The van der Waals surface area contributed by atoms with E-state index in [4.69, 9.17) is 14.6 Å². The number of methoxy groups -OCH3 is 2. The summed E-state index contributed by atoms with van der Waals surface area (Å²) < 4.78 is 10.5. The summed E-state index contributed by atoms with van der Waals surface area (Å²) in [7, 11) is 5.01. The van der Waals surface area contributed by atoms with E-state index in [9.17, 15) is 4.79 Å². The van der Waals surface area contributed by atoms with Crippen molar-refractivity contribution >= 4 is 5.97 Å². The first-order chi connectivity index (χ1) is 8.97. The molecule has 0 aliphatic rings. The second-order valence-electron chi connectivity index (χ2n) is 4.52. The van der Waals surface area contributed by atoms with Crippen molar-refractivity contribution in [3.05, 3.63) is 23.3 Å². The predicted molar refractivity (Wildman–Crippen MR) is 73.1 cm³/mol. The van der Waals surface area contributed by atoms with Gasteiger partial charge in [-0.3, -0.25) is 9.69 Å². The van der Waals surface area contributed by atoms with Crippen LogP contribution in [0.2, 0.25) is 0 Å². The number of likely N-dealkylation sites (N-methyl/N-ethyl adjacent to an activating group) is 1. The van der Waals surface area contributed by atoms with E-state index >= 15 is 0 Å². The Morgan fingerprint density at radius 3 is 2.37 bits per heavy atom. The van der Waals surface area contributed by atoms with Crippen molar-refractivity contribution in [3.63, 3.8) is 0 Å². The molecule has 1 aromatic rings. The number of carboxylic acid groups (broad SMARTS) is 1. The molecule has 0 saturated carbocycles. The van der Waals surface area contributed by atoms with Crippen LogP contribution in [-0.4, -0.2) is 50.3 Å². The Balaban J connectivity index is 2.75. The summed E-state index contributed by atoms with van der Waals surface area (Å²) in [5, 5.41) is 8.71. The largest absolute Gasteiger partial charge is 0.493 e. The maximum Gasteiger partial charge on any atom is 0.317 e. The molecule has 1 aromatic carbocycles. The molecule has 0 amide bonds. The van der Waals surface area contributed by atoms with E-state index in [-0.39, 0.29) is 6.54 Å². The molecule has 1 rings (SSSR count). The lowest BCUT2D eigenvalue weighted by atomic mass is 10.0. The third kappa shape index (κ3) is 4.44. The summed E-state index contributed by atoms with van der Waals surface area (Å²) in [5.41, 5.74) is 2.25. The Kier molecular flexibility index (Phi) is 5.63. The molecule has 0 aliphatic heterocycles. The van der Waals surface area contributed by atoms with Crippen LogP contribution in [0.4, 0.5) is 0 Å². The van der Waals surface area contributed by atoms with E-state index in [1.165, 1.54) is 0 Å². The van der Waals surface area contributed by atoms with Crippen LogP contribution in [0.3, 0.4) is 0 Å². The zero-order chi connectivity index (χ0) is 14.4. The van der Waals surface area contributed by atoms with Gasteiger partial charge in [0.05, 0.1) is 20.8 Å². The third-order valence-corrected chi connectivity index (χ3v) is 3.01. The fourth-order valence-electron chi connectivity index (χ4n) is 1.91. The number of ether oxygens (including phenoxy) is 2. The number of rotatable bonds is 7. The van der Waals surface area contributed by atoms with Crippen molar-refractivity contribution in [3.8, 4) is 11.5 Å². The highest BCUT2D eigenvalue weighted by Crippen LogP contribution is 2.30. The van der Waals surface area contributed by atoms with Gasteiger partial charge in [-0.05, 0) is 43.7 Å². The van der Waals surface area contributed by atoms with E-state index in [0.717, 1.165) is 17.5 Å². The van der Waals surface area contributed by atoms with Crippen molar-refractivity contribution in [2.45, 2.75) is 13.3 Å². The standard InChI is InChI=1S/C14H21NO4/c1-10-7-12(18-3)13(19-4)8-11(10)5-6-15(2)9-14(16)17/h7-8H,5-6,9H2,1-4H3,(H,16,17). The molecule has 0 radical (unpaired) electrons. The SMILES string of the molecule is COc1cc(C)c(CCN(C)CC(=O)O)cc1OC. The maximum absolute atomic E-state index is 10.6. The van der Waals surface area contributed by atoms with Crippen molar-refractivity contribution in [2.24, 2.45) is 0 Å². The summed E-state index contributed by atoms with van der Waals surface area (Å²) in [6, 6.07) is 3.88. The van der Waals surface area contributed by atoms with Crippen LogP contribution in [-0.2, 0) is 11.2 Å². The Morgan fingerprint density at radius 1 is 1.26 bits per heavy atom. The molecule has 0 spiro atoms. The van der Waals surface area contributed by atoms with E-state index in [1.807, 2.05) is 19.1 Å². The minimum atomic E-state index is -0.813.